The summed E-state index contributed by atoms with van der Waals surface area (Å²) in [6.45, 7) is 0. The minimum absolute atomic E-state index is 0. The third kappa shape index (κ3) is 1710. The van der Waals surface area contributed by atoms with Crippen molar-refractivity contribution in [2.75, 3.05) is 0 Å². The molecule has 8 nitrogen and oxygen atoms in total. The second-order valence-corrected chi connectivity index (χ2v) is 3.34. The molecule has 0 saturated heterocycles. The maximum atomic E-state index is 8.88. The van der Waals surface area contributed by atoms with Crippen molar-refractivity contribution in [3.8, 4) is 0 Å². The molecule has 11 heavy (non-hydrogen) atoms. The summed E-state index contributed by atoms with van der Waals surface area (Å²) >= 11 is 0. The third-order valence-corrected chi connectivity index (χ3v) is 0. The fourth-order valence-electron chi connectivity index (χ4n) is 0. The summed E-state index contributed by atoms with van der Waals surface area (Å²) in [7, 11) is -9.25. The fourth-order valence-corrected chi connectivity index (χ4v) is 0. The zero-order chi connectivity index (χ0) is 9.00. The van der Waals surface area contributed by atoms with Gasteiger partial charge in [-0.1, -0.05) is 0 Å². The van der Waals surface area contributed by atoms with Crippen molar-refractivity contribution in [1.82, 2.24) is 0 Å². The van der Waals surface area contributed by atoms with E-state index in [1.807, 2.05) is 0 Å². The first-order valence-corrected chi connectivity index (χ1v) is 5.03. The van der Waals surface area contributed by atoms with Crippen molar-refractivity contribution < 1.29 is 55.5 Å². The summed E-state index contributed by atoms with van der Waals surface area (Å²) in [6, 6.07) is 0. The first kappa shape index (κ1) is 17.7. The molecule has 0 aliphatic carbocycles. The van der Waals surface area contributed by atoms with Gasteiger partial charge in [-0.05, 0) is 0 Å². The summed E-state index contributed by atoms with van der Waals surface area (Å²) < 4.78 is 8.88. The molecule has 11 heteroatoms. The standard InChI is InChI=1S/Fe.H3O4P.H4O4Si/c;2*1-5(2,3)4/h;(H3,1,2,3,4);1-4H. The van der Waals surface area contributed by atoms with Gasteiger partial charge in [0.15, 0.2) is 0 Å². The van der Waals surface area contributed by atoms with Crippen LogP contribution in [0, 0.1) is 0 Å². The molecule has 72 valence electrons. The van der Waals surface area contributed by atoms with Crippen molar-refractivity contribution >= 4 is 16.9 Å². The number of rotatable bonds is 0. The molecule has 0 rings (SSSR count). The number of phosphoric acid groups is 1. The summed E-state index contributed by atoms with van der Waals surface area (Å²) in [5, 5.41) is 0. The SMILES string of the molecule is O=P(O)(O)O.O[Si](O)(O)O.[Fe]. The van der Waals surface area contributed by atoms with Crippen molar-refractivity contribution in [2.24, 2.45) is 0 Å². The van der Waals surface area contributed by atoms with Crippen molar-refractivity contribution in [2.45, 2.75) is 0 Å². The van der Waals surface area contributed by atoms with Crippen LogP contribution in [0.25, 0.3) is 0 Å². The Morgan fingerprint density at radius 2 is 0.909 bits per heavy atom. The van der Waals surface area contributed by atoms with Crippen LogP contribution in [-0.4, -0.2) is 42.9 Å². The van der Waals surface area contributed by atoms with Crippen molar-refractivity contribution in [3.63, 3.8) is 0 Å². The molecule has 0 amide bonds. The average Bonchev–Trinajstić information content (AvgIpc) is 1.12. The van der Waals surface area contributed by atoms with Gasteiger partial charge in [-0.3, -0.25) is 0 Å². The van der Waals surface area contributed by atoms with Gasteiger partial charge in [0.2, 0.25) is 0 Å². The summed E-state index contributed by atoms with van der Waals surface area (Å²) in [6.07, 6.45) is 0. The van der Waals surface area contributed by atoms with Crippen LogP contribution in [0.5, 0.6) is 0 Å². The number of hydrogen-bond acceptors (Lipinski definition) is 5. The van der Waals surface area contributed by atoms with E-state index < -0.39 is 16.9 Å². The maximum Gasteiger partial charge on any atom is 0.668 e. The quantitative estimate of drug-likeness (QED) is 0.172. The predicted octanol–water partition coefficient (Wildman–Crippen LogP) is -3.54. The van der Waals surface area contributed by atoms with Gasteiger partial charge in [0.25, 0.3) is 0 Å². The van der Waals surface area contributed by atoms with Crippen LogP contribution in [0.3, 0.4) is 0 Å². The minimum atomic E-state index is -4.64. The number of hydrogen-bond donors (Lipinski definition) is 7. The van der Waals surface area contributed by atoms with E-state index in [0.717, 1.165) is 0 Å². The van der Waals surface area contributed by atoms with Crippen LogP contribution in [0.1, 0.15) is 0 Å². The molecular weight excluding hydrogens is 243 g/mol. The zero-order valence-corrected chi connectivity index (χ0v) is 7.84. The fraction of sp³-hybridized carbons (Fsp3) is 0. The van der Waals surface area contributed by atoms with E-state index in [1.54, 1.807) is 0 Å². The van der Waals surface area contributed by atoms with Crippen LogP contribution < -0.4 is 0 Å². The molecule has 0 spiro atoms. The van der Waals surface area contributed by atoms with Gasteiger partial charge < -0.3 is 33.9 Å². The Morgan fingerprint density at radius 1 is 0.909 bits per heavy atom. The molecule has 7 N–H and O–H groups in total. The molecule has 0 atom stereocenters. The molecule has 0 aliphatic rings. The summed E-state index contributed by atoms with van der Waals surface area (Å²) in [5.74, 6) is 0. The van der Waals surface area contributed by atoms with Gasteiger partial charge in [-0.2, -0.15) is 0 Å². The van der Waals surface area contributed by atoms with E-state index in [-0.39, 0.29) is 17.1 Å². The van der Waals surface area contributed by atoms with E-state index in [2.05, 4.69) is 0 Å². The second kappa shape index (κ2) is 6.23. The molecule has 0 fully saturated rings. The van der Waals surface area contributed by atoms with E-state index >= 15 is 0 Å². The molecule has 0 aromatic heterocycles. The summed E-state index contributed by atoms with van der Waals surface area (Å²) in [5.41, 5.74) is 0. The summed E-state index contributed by atoms with van der Waals surface area (Å²) in [4.78, 5) is 50.9. The Bertz CT molecular complexity index is 106. The first-order valence-electron chi connectivity index (χ1n) is 1.68. The predicted molar refractivity (Wildman–Crippen MR) is 28.9 cm³/mol. The molecule has 0 unspecified atom stereocenters. The Balaban J connectivity index is -0.000000107. The van der Waals surface area contributed by atoms with Crippen molar-refractivity contribution in [3.05, 3.63) is 0 Å². The van der Waals surface area contributed by atoms with Gasteiger partial charge in [-0.25, -0.2) is 4.57 Å². The van der Waals surface area contributed by atoms with Gasteiger partial charge >= 0.3 is 16.9 Å². The molecule has 0 bridgehead atoms. The van der Waals surface area contributed by atoms with E-state index in [1.165, 1.54) is 0 Å². The Labute approximate surface area is 73.0 Å². The molecule has 0 aromatic rings. The van der Waals surface area contributed by atoms with Gasteiger partial charge in [0.05, 0.1) is 0 Å². The van der Waals surface area contributed by atoms with Crippen LogP contribution in [0.4, 0.5) is 0 Å². The van der Waals surface area contributed by atoms with Crippen LogP contribution in [0.2, 0.25) is 0 Å². The largest absolute Gasteiger partial charge is 0.668 e. The molecular formula is H7FeO8PSi. The third-order valence-electron chi connectivity index (χ3n) is 0. The van der Waals surface area contributed by atoms with Crippen LogP contribution in [0.15, 0.2) is 0 Å². The monoisotopic (exact) mass is 250 g/mol. The first-order chi connectivity index (χ1) is 4.00. The maximum absolute atomic E-state index is 8.88. The smallest absolute Gasteiger partial charge is 0.368 e. The normalized spacial score (nSPS) is 10.8. The van der Waals surface area contributed by atoms with Gasteiger partial charge in [-0.15, -0.1) is 0 Å². The zero-order valence-electron chi connectivity index (χ0n) is 4.84. The van der Waals surface area contributed by atoms with E-state index in [4.69, 9.17) is 38.4 Å². The van der Waals surface area contributed by atoms with Crippen LogP contribution in [-0.2, 0) is 21.6 Å². The van der Waals surface area contributed by atoms with E-state index in [9.17, 15) is 0 Å². The van der Waals surface area contributed by atoms with Gasteiger partial charge in [0, 0.05) is 17.1 Å². The van der Waals surface area contributed by atoms with Gasteiger partial charge in [0.1, 0.15) is 0 Å². The molecule has 0 heterocycles. The molecule has 0 radical (unpaired) electrons. The Morgan fingerprint density at radius 3 is 0.909 bits per heavy atom. The minimum Gasteiger partial charge on any atom is -0.368 e. The molecule has 0 aliphatic heterocycles. The Hall–Kier alpha value is 0.686. The van der Waals surface area contributed by atoms with Crippen LogP contribution >= 0.6 is 7.82 Å². The van der Waals surface area contributed by atoms with E-state index in [0.29, 0.717) is 0 Å². The second-order valence-electron chi connectivity index (χ2n) is 1.11. The average molecular weight is 250 g/mol. The van der Waals surface area contributed by atoms with Crippen molar-refractivity contribution in [1.29, 1.82) is 0 Å². The molecule has 0 aromatic carbocycles. The topological polar surface area (TPSA) is 159 Å². The Kier molecular flexibility index (Phi) is 10.0. The molecule has 0 saturated carbocycles.